The SMILES string of the molecule is O=C(c1ccc(Oc2ccccc2)cc1)c1cccc2ccccc12. The second-order valence-corrected chi connectivity index (χ2v) is 5.80. The highest BCUT2D eigenvalue weighted by Gasteiger charge is 2.12. The maximum absolute atomic E-state index is 12.9. The average molecular weight is 324 g/mol. The lowest BCUT2D eigenvalue weighted by atomic mass is 9.97. The van der Waals surface area contributed by atoms with Crippen molar-refractivity contribution in [3.05, 3.63) is 108 Å². The van der Waals surface area contributed by atoms with Crippen molar-refractivity contribution in [3.8, 4) is 11.5 Å². The van der Waals surface area contributed by atoms with Crippen molar-refractivity contribution in [2.24, 2.45) is 0 Å². The van der Waals surface area contributed by atoms with Crippen LogP contribution < -0.4 is 4.74 Å². The molecule has 4 aromatic carbocycles. The Morgan fingerprint density at radius 2 is 1.24 bits per heavy atom. The molecular weight excluding hydrogens is 308 g/mol. The molecule has 0 unspecified atom stereocenters. The van der Waals surface area contributed by atoms with Gasteiger partial charge >= 0.3 is 0 Å². The van der Waals surface area contributed by atoms with Crippen LogP contribution in [0.4, 0.5) is 0 Å². The molecule has 0 saturated carbocycles. The van der Waals surface area contributed by atoms with Crippen molar-refractivity contribution >= 4 is 16.6 Å². The molecule has 4 rings (SSSR count). The Kier molecular flexibility index (Phi) is 4.01. The molecule has 0 radical (unpaired) electrons. The second kappa shape index (κ2) is 6.62. The van der Waals surface area contributed by atoms with E-state index in [1.807, 2.05) is 97.1 Å². The molecule has 0 bridgehead atoms. The molecule has 2 heteroatoms. The average Bonchev–Trinajstić information content (AvgIpc) is 2.68. The van der Waals surface area contributed by atoms with E-state index in [9.17, 15) is 4.79 Å². The van der Waals surface area contributed by atoms with Crippen molar-refractivity contribution < 1.29 is 9.53 Å². The number of fused-ring (bicyclic) bond motifs is 1. The Morgan fingerprint density at radius 3 is 2.04 bits per heavy atom. The van der Waals surface area contributed by atoms with Crippen LogP contribution >= 0.6 is 0 Å². The Hall–Kier alpha value is -3.39. The first-order valence-electron chi connectivity index (χ1n) is 8.17. The predicted octanol–water partition coefficient (Wildman–Crippen LogP) is 5.86. The molecule has 0 N–H and O–H groups in total. The third-order valence-electron chi connectivity index (χ3n) is 4.13. The second-order valence-electron chi connectivity index (χ2n) is 5.80. The highest BCUT2D eigenvalue weighted by molar-refractivity contribution is 6.16. The molecule has 120 valence electrons. The van der Waals surface area contributed by atoms with Gasteiger partial charge in [0.25, 0.3) is 0 Å². The lowest BCUT2D eigenvalue weighted by Gasteiger charge is -2.08. The van der Waals surface area contributed by atoms with Crippen molar-refractivity contribution in [2.45, 2.75) is 0 Å². The zero-order valence-corrected chi connectivity index (χ0v) is 13.6. The van der Waals surface area contributed by atoms with Gasteiger partial charge in [-0.05, 0) is 47.2 Å². The Morgan fingerprint density at radius 1 is 0.600 bits per heavy atom. The first kappa shape index (κ1) is 15.2. The third kappa shape index (κ3) is 3.15. The summed E-state index contributed by atoms with van der Waals surface area (Å²) in [5.74, 6) is 1.50. The minimum atomic E-state index is 0.0167. The number of rotatable bonds is 4. The van der Waals surface area contributed by atoms with Gasteiger partial charge in [-0.15, -0.1) is 0 Å². The molecule has 0 aliphatic heterocycles. The summed E-state index contributed by atoms with van der Waals surface area (Å²) < 4.78 is 5.78. The van der Waals surface area contributed by atoms with E-state index in [-0.39, 0.29) is 5.78 Å². The number of hydrogen-bond donors (Lipinski definition) is 0. The van der Waals surface area contributed by atoms with Gasteiger partial charge in [-0.3, -0.25) is 4.79 Å². The van der Waals surface area contributed by atoms with E-state index in [1.165, 1.54) is 0 Å². The summed E-state index contributed by atoms with van der Waals surface area (Å²) in [4.78, 5) is 12.9. The fraction of sp³-hybridized carbons (Fsp3) is 0. The molecule has 0 fully saturated rings. The van der Waals surface area contributed by atoms with E-state index >= 15 is 0 Å². The topological polar surface area (TPSA) is 26.3 Å². The van der Waals surface area contributed by atoms with Crippen molar-refractivity contribution in [1.82, 2.24) is 0 Å². The third-order valence-corrected chi connectivity index (χ3v) is 4.13. The summed E-state index contributed by atoms with van der Waals surface area (Å²) in [6, 6.07) is 30.6. The zero-order valence-electron chi connectivity index (χ0n) is 13.6. The van der Waals surface area contributed by atoms with E-state index in [1.54, 1.807) is 0 Å². The molecule has 0 aromatic heterocycles. The summed E-state index contributed by atoms with van der Waals surface area (Å²) in [6.07, 6.45) is 0. The molecule has 0 aliphatic rings. The van der Waals surface area contributed by atoms with Gasteiger partial charge in [0.15, 0.2) is 5.78 Å². The number of carbonyl (C=O) groups excluding carboxylic acids is 1. The van der Waals surface area contributed by atoms with Gasteiger partial charge in [0.2, 0.25) is 0 Å². The van der Waals surface area contributed by atoms with E-state index < -0.39 is 0 Å². The summed E-state index contributed by atoms with van der Waals surface area (Å²) in [6.45, 7) is 0. The Labute approximate surface area is 146 Å². The van der Waals surface area contributed by atoms with Crippen LogP contribution in [0, 0.1) is 0 Å². The fourth-order valence-electron chi connectivity index (χ4n) is 2.88. The first-order valence-corrected chi connectivity index (χ1v) is 8.17. The number of carbonyl (C=O) groups is 1. The van der Waals surface area contributed by atoms with Gasteiger partial charge in [0, 0.05) is 11.1 Å². The van der Waals surface area contributed by atoms with Gasteiger partial charge in [0.05, 0.1) is 0 Å². The van der Waals surface area contributed by atoms with Gasteiger partial charge in [-0.2, -0.15) is 0 Å². The minimum absolute atomic E-state index is 0.0167. The van der Waals surface area contributed by atoms with Crippen LogP contribution in [0.15, 0.2) is 97.1 Å². The van der Waals surface area contributed by atoms with Gasteiger partial charge in [-0.25, -0.2) is 0 Å². The molecule has 0 spiro atoms. The Bertz CT molecular complexity index is 1010. The molecule has 2 nitrogen and oxygen atoms in total. The van der Waals surface area contributed by atoms with Crippen LogP contribution in [0.5, 0.6) is 11.5 Å². The molecule has 0 saturated heterocycles. The zero-order chi connectivity index (χ0) is 17.1. The van der Waals surface area contributed by atoms with Crippen LogP contribution in [0.3, 0.4) is 0 Å². The quantitative estimate of drug-likeness (QED) is 0.439. The standard InChI is InChI=1S/C23H16O2/c24-23(22-12-6-8-17-7-4-5-11-21(17)22)18-13-15-20(16-14-18)25-19-9-2-1-3-10-19/h1-16H. The summed E-state index contributed by atoms with van der Waals surface area (Å²) in [5, 5.41) is 2.04. The lowest BCUT2D eigenvalue weighted by molar-refractivity contribution is 0.104. The van der Waals surface area contributed by atoms with E-state index in [0.717, 1.165) is 22.1 Å². The Balaban J connectivity index is 1.62. The van der Waals surface area contributed by atoms with Gasteiger partial charge < -0.3 is 4.74 Å². The van der Waals surface area contributed by atoms with Crippen molar-refractivity contribution in [3.63, 3.8) is 0 Å². The van der Waals surface area contributed by atoms with Crippen LogP contribution in [-0.4, -0.2) is 5.78 Å². The predicted molar refractivity (Wildman–Crippen MR) is 100 cm³/mol. The van der Waals surface area contributed by atoms with Crippen LogP contribution in [0.2, 0.25) is 0 Å². The molecule has 0 atom stereocenters. The highest BCUT2D eigenvalue weighted by atomic mass is 16.5. The smallest absolute Gasteiger partial charge is 0.193 e. The summed E-state index contributed by atoms with van der Waals surface area (Å²) in [7, 11) is 0. The van der Waals surface area contributed by atoms with Crippen LogP contribution in [-0.2, 0) is 0 Å². The van der Waals surface area contributed by atoms with Crippen molar-refractivity contribution in [1.29, 1.82) is 0 Å². The molecule has 25 heavy (non-hydrogen) atoms. The number of hydrogen-bond acceptors (Lipinski definition) is 2. The van der Waals surface area contributed by atoms with Crippen molar-refractivity contribution in [2.75, 3.05) is 0 Å². The normalized spacial score (nSPS) is 10.6. The van der Waals surface area contributed by atoms with E-state index in [2.05, 4.69) is 0 Å². The largest absolute Gasteiger partial charge is 0.457 e. The molecular formula is C23H16O2. The van der Waals surface area contributed by atoms with E-state index in [0.29, 0.717) is 11.3 Å². The molecule has 0 heterocycles. The number of para-hydroxylation sites is 1. The van der Waals surface area contributed by atoms with Crippen LogP contribution in [0.1, 0.15) is 15.9 Å². The fourth-order valence-corrected chi connectivity index (χ4v) is 2.88. The molecule has 4 aromatic rings. The number of benzene rings is 4. The van der Waals surface area contributed by atoms with Crippen LogP contribution in [0.25, 0.3) is 10.8 Å². The maximum Gasteiger partial charge on any atom is 0.193 e. The number of ketones is 1. The maximum atomic E-state index is 12.9. The first-order chi connectivity index (χ1) is 12.3. The summed E-state index contributed by atoms with van der Waals surface area (Å²) in [5.41, 5.74) is 1.37. The molecule has 0 aliphatic carbocycles. The minimum Gasteiger partial charge on any atom is -0.457 e. The lowest BCUT2D eigenvalue weighted by Crippen LogP contribution is -2.02. The van der Waals surface area contributed by atoms with Gasteiger partial charge in [-0.1, -0.05) is 60.7 Å². The highest BCUT2D eigenvalue weighted by Crippen LogP contribution is 2.24. The monoisotopic (exact) mass is 324 g/mol. The van der Waals surface area contributed by atoms with Gasteiger partial charge in [0.1, 0.15) is 11.5 Å². The van der Waals surface area contributed by atoms with E-state index in [4.69, 9.17) is 4.74 Å². The molecule has 0 amide bonds. The summed E-state index contributed by atoms with van der Waals surface area (Å²) >= 11 is 0. The number of ether oxygens (including phenoxy) is 1.